The summed E-state index contributed by atoms with van der Waals surface area (Å²) < 4.78 is 0. The number of unbranched alkanes of at least 4 members (excludes halogenated alkanes) is 2. The summed E-state index contributed by atoms with van der Waals surface area (Å²) in [6, 6.07) is -5.06. The highest BCUT2D eigenvalue weighted by Crippen LogP contribution is 2.12. The second-order valence-electron chi connectivity index (χ2n) is 16.0. The fourth-order valence-corrected chi connectivity index (χ4v) is 6.30. The first-order valence-corrected chi connectivity index (χ1v) is 22.2. The van der Waals surface area contributed by atoms with Crippen LogP contribution in [0.2, 0.25) is 0 Å². The van der Waals surface area contributed by atoms with Gasteiger partial charge in [0.05, 0.1) is 25.3 Å². The van der Waals surface area contributed by atoms with Gasteiger partial charge in [-0.2, -0.15) is 12.6 Å². The molecule has 0 heterocycles. The largest absolute Gasteiger partial charge is 0.508 e. The molecule has 18 N–H and O–H groups in total. The Morgan fingerprint density at radius 2 is 1.15 bits per heavy atom. The molecule has 1 aromatic carbocycles. The second-order valence-corrected chi connectivity index (χ2v) is 16.3. The Labute approximate surface area is 388 Å². The smallest absolute Gasteiger partial charge is 0.326 e. The Morgan fingerprint density at radius 1 is 0.621 bits per heavy atom. The average Bonchev–Trinajstić information content (AvgIpc) is 3.26. The minimum absolute atomic E-state index is 0.0389. The van der Waals surface area contributed by atoms with Crippen LogP contribution in [-0.4, -0.2) is 160 Å². The van der Waals surface area contributed by atoms with Crippen molar-refractivity contribution in [2.45, 2.75) is 127 Å². The lowest BCUT2D eigenvalue weighted by Gasteiger charge is -2.27. The highest BCUT2D eigenvalue weighted by molar-refractivity contribution is 7.80. The number of aliphatic carboxylic acids is 1. The SMILES string of the molecule is CC(C)[C@H](NC(=O)CNC(=O)[C@H](Cc1ccc(O)cc1)NC(=O)[C@H](CS)NC(=O)[C@@H](N)CCCCN)C(=O)N[C@@H](CO)C(=O)N[C@@H](C)C(=O)N[C@H](C(=O)N[C@@H](CCCCN)C(=O)O)[C@@H](C)O. The Balaban J connectivity index is 3.00. The molecule has 0 bridgehead atoms. The molecule has 0 aromatic heterocycles. The van der Waals surface area contributed by atoms with E-state index in [1.54, 1.807) is 13.8 Å². The zero-order valence-electron chi connectivity index (χ0n) is 37.7. The van der Waals surface area contributed by atoms with Crippen molar-refractivity contribution in [2.75, 3.05) is 32.0 Å². The quantitative estimate of drug-likeness (QED) is 0.0245. The maximum atomic E-state index is 13.5. The minimum atomic E-state index is -1.66. The number of aliphatic hydroxyl groups is 2. The summed E-state index contributed by atoms with van der Waals surface area (Å²) in [6.45, 7) is 4.57. The molecule has 0 fully saturated rings. The van der Waals surface area contributed by atoms with Gasteiger partial charge in [0.25, 0.3) is 0 Å². The van der Waals surface area contributed by atoms with Crippen LogP contribution in [0.15, 0.2) is 24.3 Å². The molecule has 1 rings (SSSR count). The summed E-state index contributed by atoms with van der Waals surface area (Å²) in [5.41, 5.74) is 17.4. The van der Waals surface area contributed by atoms with Crippen LogP contribution in [0.5, 0.6) is 5.75 Å². The van der Waals surface area contributed by atoms with Crippen molar-refractivity contribution >= 4 is 65.9 Å². The molecule has 0 aliphatic heterocycles. The van der Waals surface area contributed by atoms with Crippen LogP contribution in [0.3, 0.4) is 0 Å². The van der Waals surface area contributed by atoms with E-state index >= 15 is 0 Å². The number of rotatable bonds is 31. The number of phenolic OH excluding ortho intramolecular Hbond substituents is 1. The van der Waals surface area contributed by atoms with Gasteiger partial charge in [-0.3, -0.25) is 38.4 Å². The minimum Gasteiger partial charge on any atom is -0.508 e. The van der Waals surface area contributed by atoms with Gasteiger partial charge in [0.1, 0.15) is 48.0 Å². The topological polar surface area (TPSA) is 409 Å². The molecule has 66 heavy (non-hydrogen) atoms. The lowest BCUT2D eigenvalue weighted by molar-refractivity contribution is -0.143. The predicted molar refractivity (Wildman–Crippen MR) is 243 cm³/mol. The van der Waals surface area contributed by atoms with Gasteiger partial charge in [-0.25, -0.2) is 4.79 Å². The van der Waals surface area contributed by atoms with Crippen LogP contribution in [-0.2, 0) is 49.6 Å². The molecule has 0 aliphatic rings. The van der Waals surface area contributed by atoms with E-state index in [1.807, 2.05) is 0 Å². The van der Waals surface area contributed by atoms with E-state index in [2.05, 4.69) is 55.2 Å². The van der Waals surface area contributed by atoms with Gasteiger partial charge in [-0.15, -0.1) is 0 Å². The number of nitrogens with one attached hydrogen (secondary N) is 8. The molecule has 372 valence electrons. The van der Waals surface area contributed by atoms with Crippen molar-refractivity contribution in [3.63, 3.8) is 0 Å². The summed E-state index contributed by atoms with van der Waals surface area (Å²) in [5, 5.41) is 58.5. The zero-order valence-corrected chi connectivity index (χ0v) is 38.6. The number of aliphatic hydroxyl groups excluding tert-OH is 2. The molecular weight excluding hydrogens is 887 g/mol. The molecule has 9 atom stereocenters. The number of carbonyl (C=O) groups excluding carboxylic acids is 8. The highest BCUT2D eigenvalue weighted by atomic mass is 32.1. The third-order valence-corrected chi connectivity index (χ3v) is 10.4. The Hall–Kier alpha value is -5.60. The maximum Gasteiger partial charge on any atom is 0.326 e. The number of carboxylic acid groups (broad SMARTS) is 1. The molecule has 24 nitrogen and oxygen atoms in total. The molecule has 0 saturated heterocycles. The maximum absolute atomic E-state index is 13.5. The Kier molecular flexibility index (Phi) is 27.1. The van der Waals surface area contributed by atoms with E-state index in [1.165, 1.54) is 38.1 Å². The molecule has 0 unspecified atom stereocenters. The van der Waals surface area contributed by atoms with Crippen molar-refractivity contribution in [1.82, 2.24) is 42.5 Å². The van der Waals surface area contributed by atoms with Gasteiger partial charge >= 0.3 is 5.97 Å². The number of carbonyl (C=O) groups is 9. The zero-order chi connectivity index (χ0) is 50.1. The van der Waals surface area contributed by atoms with Gasteiger partial charge in [0.15, 0.2) is 0 Å². The summed E-state index contributed by atoms with van der Waals surface area (Å²) in [7, 11) is 0. The second kappa shape index (κ2) is 30.6. The van der Waals surface area contributed by atoms with Crippen molar-refractivity contribution in [3.8, 4) is 5.75 Å². The molecule has 8 amide bonds. The van der Waals surface area contributed by atoms with Crippen LogP contribution < -0.4 is 59.7 Å². The van der Waals surface area contributed by atoms with Gasteiger partial charge in [0.2, 0.25) is 47.3 Å². The number of hydrogen-bond acceptors (Lipinski definition) is 16. The molecule has 25 heteroatoms. The average molecular weight is 956 g/mol. The number of benzene rings is 1. The number of aromatic hydroxyl groups is 1. The first kappa shape index (κ1) is 58.4. The van der Waals surface area contributed by atoms with E-state index in [4.69, 9.17) is 17.2 Å². The molecule has 0 radical (unpaired) electrons. The van der Waals surface area contributed by atoms with Gasteiger partial charge in [0, 0.05) is 12.2 Å². The van der Waals surface area contributed by atoms with E-state index in [9.17, 15) is 63.6 Å². The molecule has 0 aliphatic carbocycles. The third-order valence-electron chi connectivity index (χ3n) is 10.0. The summed E-state index contributed by atoms with van der Waals surface area (Å²) in [4.78, 5) is 117. The molecule has 0 saturated carbocycles. The molecule has 1 aromatic rings. The summed E-state index contributed by atoms with van der Waals surface area (Å²) in [5.74, 6) is -9.23. The van der Waals surface area contributed by atoms with Crippen LogP contribution >= 0.6 is 12.6 Å². The monoisotopic (exact) mass is 955 g/mol. The Morgan fingerprint density at radius 3 is 1.68 bits per heavy atom. The summed E-state index contributed by atoms with van der Waals surface area (Å²) >= 11 is 4.17. The number of thiol groups is 1. The van der Waals surface area contributed by atoms with Crippen LogP contribution in [0.4, 0.5) is 0 Å². The van der Waals surface area contributed by atoms with Crippen LogP contribution in [0.1, 0.15) is 71.8 Å². The van der Waals surface area contributed by atoms with Crippen molar-refractivity contribution in [2.24, 2.45) is 23.1 Å². The van der Waals surface area contributed by atoms with E-state index in [0.717, 1.165) is 0 Å². The van der Waals surface area contributed by atoms with Crippen LogP contribution in [0.25, 0.3) is 0 Å². The van der Waals surface area contributed by atoms with E-state index < -0.39 is 127 Å². The van der Waals surface area contributed by atoms with E-state index in [-0.39, 0.29) is 24.3 Å². The fourth-order valence-electron chi connectivity index (χ4n) is 6.04. The first-order valence-electron chi connectivity index (χ1n) is 21.6. The lowest BCUT2D eigenvalue weighted by Crippen LogP contribution is -2.61. The number of amides is 8. The van der Waals surface area contributed by atoms with Gasteiger partial charge in [-0.1, -0.05) is 32.4 Å². The number of phenols is 1. The number of nitrogens with two attached hydrogens (primary N) is 3. The van der Waals surface area contributed by atoms with Crippen LogP contribution in [0, 0.1) is 5.92 Å². The lowest BCUT2D eigenvalue weighted by atomic mass is 10.0. The number of hydrogen-bond donors (Lipinski definition) is 16. The molecular formula is C41H69N11O13S. The third kappa shape index (κ3) is 21.1. The van der Waals surface area contributed by atoms with Crippen molar-refractivity contribution < 1.29 is 63.6 Å². The standard InChI is InChI=1S/C41H69N11O13S/c1-21(2)32(39(62)49-29(19-53)37(60)46-22(3)34(57)52-33(23(4)54)40(63)47-27(41(64)65)10-6-8-16-43)51-31(56)18-45-36(59)28(17-24-11-13-25(55)14-12-24)48-38(61)30(20-66)50-35(58)26(44)9-5-7-15-42/h11-14,21-23,26-30,32-33,53-55,66H,5-10,15-20,42-44H2,1-4H3,(H,45,59)(H,46,60)(H,47,63)(H,48,61)(H,49,62)(H,50,58)(H,51,56)(H,52,57)(H,64,65)/t22-,23+,26-,27-,28-,29-,30-,32-,33-/m0/s1. The highest BCUT2D eigenvalue weighted by Gasteiger charge is 2.34. The normalized spacial score (nSPS) is 15.2. The van der Waals surface area contributed by atoms with Crippen molar-refractivity contribution in [1.29, 1.82) is 0 Å². The van der Waals surface area contributed by atoms with Gasteiger partial charge < -0.3 is 80.2 Å². The predicted octanol–water partition coefficient (Wildman–Crippen LogP) is -4.91. The summed E-state index contributed by atoms with van der Waals surface area (Å²) in [6.07, 6.45) is 0.871. The fraction of sp³-hybridized carbons (Fsp3) is 0.634. The van der Waals surface area contributed by atoms with E-state index in [0.29, 0.717) is 50.8 Å². The first-order chi connectivity index (χ1) is 31.1. The van der Waals surface area contributed by atoms with Gasteiger partial charge in [-0.05, 0) is 82.7 Å². The Bertz CT molecular complexity index is 1770. The molecule has 0 spiro atoms. The van der Waals surface area contributed by atoms with Crippen molar-refractivity contribution in [3.05, 3.63) is 29.8 Å². The number of carboxylic acids is 1.